The summed E-state index contributed by atoms with van der Waals surface area (Å²) in [5.41, 5.74) is 2.17. The van der Waals surface area contributed by atoms with Crippen molar-refractivity contribution in [2.75, 3.05) is 19.7 Å². The molecule has 0 saturated carbocycles. The van der Waals surface area contributed by atoms with E-state index >= 15 is 0 Å². The Hall–Kier alpha value is -2.10. The van der Waals surface area contributed by atoms with E-state index in [0.717, 1.165) is 5.56 Å². The predicted molar refractivity (Wildman–Crippen MR) is 83.7 cm³/mol. The van der Waals surface area contributed by atoms with Gasteiger partial charge in [-0.3, -0.25) is 9.59 Å². The number of carbonyl (C=O) groups is 2. The predicted octanol–water partition coefficient (Wildman–Crippen LogP) is 2.81. The Morgan fingerprint density at radius 3 is 2.43 bits per heavy atom. The van der Waals surface area contributed by atoms with Crippen LogP contribution in [0.25, 0.3) is 6.08 Å². The summed E-state index contributed by atoms with van der Waals surface area (Å²) in [6.45, 7) is 7.00. The summed E-state index contributed by atoms with van der Waals surface area (Å²) in [6, 6.07) is 7.94. The van der Waals surface area contributed by atoms with Gasteiger partial charge in [-0.2, -0.15) is 0 Å². The Balaban J connectivity index is 2.54. The lowest BCUT2D eigenvalue weighted by Crippen LogP contribution is -2.31. The van der Waals surface area contributed by atoms with Crippen LogP contribution in [0.5, 0.6) is 0 Å². The zero-order valence-corrected chi connectivity index (χ0v) is 13.0. The van der Waals surface area contributed by atoms with Crippen LogP contribution in [-0.4, -0.2) is 36.5 Å². The van der Waals surface area contributed by atoms with Crippen molar-refractivity contribution >= 4 is 18.0 Å². The van der Waals surface area contributed by atoms with Gasteiger partial charge >= 0.3 is 5.97 Å². The van der Waals surface area contributed by atoms with Crippen molar-refractivity contribution in [3.05, 3.63) is 41.5 Å². The Labute approximate surface area is 126 Å². The van der Waals surface area contributed by atoms with Crippen LogP contribution in [0.15, 0.2) is 30.3 Å². The van der Waals surface area contributed by atoms with Crippen LogP contribution < -0.4 is 0 Å². The quantitative estimate of drug-likeness (QED) is 0.573. The molecular weight excluding hydrogens is 266 g/mol. The molecule has 1 aromatic carbocycles. The number of likely N-dealkylation sites (N-methyl/N-ethyl adjacent to an activating group) is 1. The maximum atomic E-state index is 12.1. The van der Waals surface area contributed by atoms with Crippen LogP contribution in [0, 0.1) is 6.92 Å². The van der Waals surface area contributed by atoms with Gasteiger partial charge in [0.05, 0.1) is 13.0 Å². The molecule has 0 heterocycles. The molecule has 4 heteroatoms. The third-order valence-corrected chi connectivity index (χ3v) is 3.08. The average Bonchev–Trinajstić information content (AvgIpc) is 2.47. The maximum Gasteiger partial charge on any atom is 0.307 e. The van der Waals surface area contributed by atoms with Gasteiger partial charge in [0.25, 0.3) is 0 Å². The standard InChI is InChI=1S/C17H23NO3/c1-4-18(13-12-17(20)21-5-2)16(19)11-10-15-8-6-14(3)7-9-15/h6-11H,4-5,12-13H2,1-3H3/b11-10+. The molecule has 1 rings (SSSR count). The van der Waals surface area contributed by atoms with E-state index < -0.39 is 0 Å². The van der Waals surface area contributed by atoms with Gasteiger partial charge in [-0.1, -0.05) is 29.8 Å². The van der Waals surface area contributed by atoms with Gasteiger partial charge in [0.2, 0.25) is 5.91 Å². The minimum Gasteiger partial charge on any atom is -0.466 e. The first-order valence-electron chi connectivity index (χ1n) is 7.26. The first-order chi connectivity index (χ1) is 10.1. The van der Waals surface area contributed by atoms with E-state index in [9.17, 15) is 9.59 Å². The van der Waals surface area contributed by atoms with Crippen LogP contribution in [-0.2, 0) is 14.3 Å². The SMILES string of the molecule is CCOC(=O)CCN(CC)C(=O)/C=C/c1ccc(C)cc1. The highest BCUT2D eigenvalue weighted by Crippen LogP contribution is 2.06. The molecule has 0 atom stereocenters. The molecule has 1 aromatic rings. The van der Waals surface area contributed by atoms with Crippen molar-refractivity contribution in [2.24, 2.45) is 0 Å². The van der Waals surface area contributed by atoms with Crippen molar-refractivity contribution in [1.29, 1.82) is 0 Å². The third kappa shape index (κ3) is 6.25. The van der Waals surface area contributed by atoms with Crippen molar-refractivity contribution in [3.8, 4) is 0 Å². The van der Waals surface area contributed by atoms with E-state index in [-0.39, 0.29) is 18.3 Å². The fourth-order valence-electron chi connectivity index (χ4n) is 1.83. The van der Waals surface area contributed by atoms with Crippen molar-refractivity contribution < 1.29 is 14.3 Å². The van der Waals surface area contributed by atoms with E-state index in [1.54, 1.807) is 24.0 Å². The molecule has 0 spiro atoms. The normalized spacial score (nSPS) is 10.6. The van der Waals surface area contributed by atoms with Gasteiger partial charge in [-0.25, -0.2) is 0 Å². The number of hydrogen-bond donors (Lipinski definition) is 0. The molecule has 0 N–H and O–H groups in total. The highest BCUT2D eigenvalue weighted by molar-refractivity contribution is 5.92. The molecule has 0 bridgehead atoms. The summed E-state index contributed by atoms with van der Waals surface area (Å²) in [5, 5.41) is 0. The Morgan fingerprint density at radius 2 is 1.86 bits per heavy atom. The second kappa shape index (κ2) is 8.95. The fourth-order valence-corrected chi connectivity index (χ4v) is 1.83. The summed E-state index contributed by atoms with van der Waals surface area (Å²) < 4.78 is 4.86. The van der Waals surface area contributed by atoms with E-state index in [1.807, 2.05) is 38.1 Å². The second-order valence-electron chi connectivity index (χ2n) is 4.72. The van der Waals surface area contributed by atoms with E-state index in [2.05, 4.69) is 0 Å². The van der Waals surface area contributed by atoms with Crippen LogP contribution in [0.4, 0.5) is 0 Å². The highest BCUT2D eigenvalue weighted by atomic mass is 16.5. The smallest absolute Gasteiger partial charge is 0.307 e. The zero-order chi connectivity index (χ0) is 15.7. The van der Waals surface area contributed by atoms with Gasteiger partial charge in [0.15, 0.2) is 0 Å². The first kappa shape index (κ1) is 17.0. The molecule has 0 aliphatic rings. The molecule has 21 heavy (non-hydrogen) atoms. The average molecular weight is 289 g/mol. The fraction of sp³-hybridized carbons (Fsp3) is 0.412. The Morgan fingerprint density at radius 1 is 1.19 bits per heavy atom. The molecule has 0 unspecified atom stereocenters. The van der Waals surface area contributed by atoms with Crippen LogP contribution >= 0.6 is 0 Å². The van der Waals surface area contributed by atoms with Crippen LogP contribution in [0.1, 0.15) is 31.4 Å². The minimum absolute atomic E-state index is 0.0950. The first-order valence-corrected chi connectivity index (χ1v) is 7.26. The molecule has 0 aromatic heterocycles. The highest BCUT2D eigenvalue weighted by Gasteiger charge is 2.11. The lowest BCUT2D eigenvalue weighted by molar-refractivity contribution is -0.143. The monoisotopic (exact) mass is 289 g/mol. The number of amides is 1. The number of nitrogens with zero attached hydrogens (tertiary/aromatic N) is 1. The summed E-state index contributed by atoms with van der Waals surface area (Å²) in [4.78, 5) is 25.0. The number of esters is 1. The van der Waals surface area contributed by atoms with E-state index in [0.29, 0.717) is 19.7 Å². The number of aryl methyl sites for hydroxylation is 1. The van der Waals surface area contributed by atoms with E-state index in [4.69, 9.17) is 4.74 Å². The molecule has 1 amide bonds. The summed E-state index contributed by atoms with van der Waals surface area (Å²) >= 11 is 0. The van der Waals surface area contributed by atoms with Gasteiger partial charge in [0.1, 0.15) is 0 Å². The lowest BCUT2D eigenvalue weighted by Gasteiger charge is -2.18. The number of rotatable bonds is 7. The summed E-state index contributed by atoms with van der Waals surface area (Å²) in [5.74, 6) is -0.367. The molecule has 0 aliphatic carbocycles. The Bertz CT molecular complexity index is 491. The zero-order valence-electron chi connectivity index (χ0n) is 13.0. The molecule has 0 fully saturated rings. The third-order valence-electron chi connectivity index (χ3n) is 3.08. The number of hydrogen-bond acceptors (Lipinski definition) is 3. The van der Waals surface area contributed by atoms with E-state index in [1.165, 1.54) is 5.56 Å². The van der Waals surface area contributed by atoms with Crippen LogP contribution in [0.3, 0.4) is 0 Å². The van der Waals surface area contributed by atoms with Crippen molar-refractivity contribution in [1.82, 2.24) is 4.90 Å². The molecule has 0 radical (unpaired) electrons. The van der Waals surface area contributed by atoms with Crippen molar-refractivity contribution in [3.63, 3.8) is 0 Å². The van der Waals surface area contributed by atoms with Crippen LogP contribution in [0.2, 0.25) is 0 Å². The second-order valence-corrected chi connectivity index (χ2v) is 4.72. The summed E-state index contributed by atoms with van der Waals surface area (Å²) in [7, 11) is 0. The maximum absolute atomic E-state index is 12.1. The molecule has 0 aliphatic heterocycles. The lowest BCUT2D eigenvalue weighted by atomic mass is 10.1. The molecular formula is C17H23NO3. The number of benzene rings is 1. The number of carbonyl (C=O) groups excluding carboxylic acids is 2. The largest absolute Gasteiger partial charge is 0.466 e. The summed E-state index contributed by atoms with van der Waals surface area (Å²) in [6.07, 6.45) is 3.56. The van der Waals surface area contributed by atoms with Crippen molar-refractivity contribution in [2.45, 2.75) is 27.2 Å². The molecule has 4 nitrogen and oxygen atoms in total. The van der Waals surface area contributed by atoms with Gasteiger partial charge < -0.3 is 9.64 Å². The van der Waals surface area contributed by atoms with Gasteiger partial charge in [-0.15, -0.1) is 0 Å². The molecule has 114 valence electrons. The van der Waals surface area contributed by atoms with Gasteiger partial charge in [0, 0.05) is 19.2 Å². The Kier molecular flexibility index (Phi) is 7.23. The molecule has 0 saturated heterocycles. The number of ether oxygens (including phenoxy) is 1. The topological polar surface area (TPSA) is 46.6 Å². The minimum atomic E-state index is -0.272. The van der Waals surface area contributed by atoms with Gasteiger partial charge in [-0.05, 0) is 32.4 Å².